The topological polar surface area (TPSA) is 98.3 Å². The number of rotatable bonds is 4. The summed E-state index contributed by atoms with van der Waals surface area (Å²) in [5.74, 6) is -0.197. The largest absolute Gasteiger partial charge is 0.326 e. The Kier molecular flexibility index (Phi) is 3.29. The molecule has 0 spiro atoms. The van der Waals surface area contributed by atoms with E-state index in [1.165, 1.54) is 18.2 Å². The van der Waals surface area contributed by atoms with Gasteiger partial charge in [0.15, 0.2) is 0 Å². The van der Waals surface area contributed by atoms with Gasteiger partial charge in [0.05, 0.1) is 4.92 Å². The van der Waals surface area contributed by atoms with Gasteiger partial charge in [0.25, 0.3) is 5.69 Å². The zero-order valence-corrected chi connectivity index (χ0v) is 9.89. The minimum absolute atomic E-state index is 0.0427. The van der Waals surface area contributed by atoms with Crippen molar-refractivity contribution in [3.63, 3.8) is 0 Å². The SMILES string of the molecule is NC1(CC(=O)Nc2cccc([N+](=O)[O-])c2)CCC1. The lowest BCUT2D eigenvalue weighted by molar-refractivity contribution is -0.384. The second kappa shape index (κ2) is 4.73. The molecule has 18 heavy (non-hydrogen) atoms. The van der Waals surface area contributed by atoms with Crippen molar-refractivity contribution in [2.75, 3.05) is 5.32 Å². The molecule has 0 aliphatic heterocycles. The van der Waals surface area contributed by atoms with Gasteiger partial charge in [-0.2, -0.15) is 0 Å². The van der Waals surface area contributed by atoms with Crippen LogP contribution >= 0.6 is 0 Å². The van der Waals surface area contributed by atoms with Crippen molar-refractivity contribution in [1.82, 2.24) is 0 Å². The third-order valence-corrected chi connectivity index (χ3v) is 3.20. The maximum Gasteiger partial charge on any atom is 0.271 e. The minimum Gasteiger partial charge on any atom is -0.326 e. The second-order valence-electron chi connectivity index (χ2n) is 4.75. The fraction of sp³-hybridized carbons (Fsp3) is 0.417. The van der Waals surface area contributed by atoms with E-state index in [2.05, 4.69) is 5.32 Å². The second-order valence-corrected chi connectivity index (χ2v) is 4.75. The van der Waals surface area contributed by atoms with Gasteiger partial charge in [-0.1, -0.05) is 6.07 Å². The predicted molar refractivity (Wildman–Crippen MR) is 67.1 cm³/mol. The number of nitrogens with one attached hydrogen (secondary N) is 1. The van der Waals surface area contributed by atoms with Gasteiger partial charge in [0.2, 0.25) is 5.91 Å². The Morgan fingerprint density at radius 3 is 2.78 bits per heavy atom. The number of benzene rings is 1. The molecular weight excluding hydrogens is 234 g/mol. The number of amides is 1. The number of nitro groups is 1. The maximum atomic E-state index is 11.7. The fourth-order valence-corrected chi connectivity index (χ4v) is 2.03. The lowest BCUT2D eigenvalue weighted by Crippen LogP contribution is -2.48. The molecule has 1 amide bonds. The van der Waals surface area contributed by atoms with Crippen molar-refractivity contribution < 1.29 is 9.72 Å². The van der Waals surface area contributed by atoms with E-state index in [0.29, 0.717) is 5.69 Å². The average Bonchev–Trinajstić information content (AvgIpc) is 2.27. The van der Waals surface area contributed by atoms with Crippen LogP contribution in [-0.2, 0) is 4.79 Å². The number of carbonyl (C=O) groups excluding carboxylic acids is 1. The monoisotopic (exact) mass is 249 g/mol. The van der Waals surface area contributed by atoms with E-state index in [1.807, 2.05) is 0 Å². The van der Waals surface area contributed by atoms with Crippen LogP contribution in [0.5, 0.6) is 0 Å². The summed E-state index contributed by atoms with van der Waals surface area (Å²) in [6.07, 6.45) is 3.03. The Balaban J connectivity index is 1.98. The molecule has 0 aromatic heterocycles. The van der Waals surface area contributed by atoms with E-state index < -0.39 is 4.92 Å². The highest BCUT2D eigenvalue weighted by Gasteiger charge is 2.34. The van der Waals surface area contributed by atoms with E-state index in [4.69, 9.17) is 5.73 Å². The van der Waals surface area contributed by atoms with Crippen LogP contribution in [0.3, 0.4) is 0 Å². The summed E-state index contributed by atoms with van der Waals surface area (Å²) in [7, 11) is 0. The molecule has 1 aromatic carbocycles. The molecular formula is C12H15N3O3. The quantitative estimate of drug-likeness (QED) is 0.628. The molecule has 1 aliphatic carbocycles. The first-order valence-corrected chi connectivity index (χ1v) is 5.82. The van der Waals surface area contributed by atoms with Crippen LogP contribution in [0, 0.1) is 10.1 Å². The summed E-state index contributed by atoms with van der Waals surface area (Å²) < 4.78 is 0. The van der Waals surface area contributed by atoms with Crippen molar-refractivity contribution >= 4 is 17.3 Å². The van der Waals surface area contributed by atoms with E-state index in [9.17, 15) is 14.9 Å². The first-order valence-electron chi connectivity index (χ1n) is 5.82. The van der Waals surface area contributed by atoms with E-state index in [1.54, 1.807) is 6.07 Å². The van der Waals surface area contributed by atoms with Gasteiger partial charge in [-0.3, -0.25) is 14.9 Å². The normalized spacial score (nSPS) is 16.7. The van der Waals surface area contributed by atoms with Gasteiger partial charge in [-0.25, -0.2) is 0 Å². The standard InChI is InChI=1S/C12H15N3O3/c13-12(5-2-6-12)8-11(16)14-9-3-1-4-10(7-9)15(17)18/h1,3-4,7H,2,5-6,8,13H2,(H,14,16). The summed E-state index contributed by atoms with van der Waals surface area (Å²) in [4.78, 5) is 21.8. The Morgan fingerprint density at radius 2 is 2.22 bits per heavy atom. The lowest BCUT2D eigenvalue weighted by Gasteiger charge is -2.37. The Morgan fingerprint density at radius 1 is 1.50 bits per heavy atom. The average molecular weight is 249 g/mol. The molecule has 0 radical (unpaired) electrons. The zero-order chi connectivity index (χ0) is 13.2. The molecule has 0 atom stereocenters. The molecule has 1 aromatic rings. The van der Waals surface area contributed by atoms with E-state index in [-0.39, 0.29) is 23.6 Å². The number of hydrogen-bond donors (Lipinski definition) is 2. The Labute approximate surface area is 104 Å². The van der Waals surface area contributed by atoms with Crippen molar-refractivity contribution in [2.45, 2.75) is 31.2 Å². The van der Waals surface area contributed by atoms with Crippen LogP contribution in [0.1, 0.15) is 25.7 Å². The number of nitrogens with zero attached hydrogens (tertiary/aromatic N) is 1. The molecule has 0 heterocycles. The summed E-state index contributed by atoms with van der Waals surface area (Å²) in [6.45, 7) is 0. The lowest BCUT2D eigenvalue weighted by atomic mass is 9.75. The van der Waals surface area contributed by atoms with Gasteiger partial charge in [-0.05, 0) is 25.3 Å². The van der Waals surface area contributed by atoms with E-state index in [0.717, 1.165) is 19.3 Å². The molecule has 0 unspecified atom stereocenters. The Hall–Kier alpha value is -1.95. The van der Waals surface area contributed by atoms with Gasteiger partial charge in [0.1, 0.15) is 0 Å². The van der Waals surface area contributed by atoms with Crippen LogP contribution in [0.25, 0.3) is 0 Å². The highest BCUT2D eigenvalue weighted by atomic mass is 16.6. The molecule has 6 nitrogen and oxygen atoms in total. The number of nitro benzene ring substituents is 1. The summed E-state index contributed by atoms with van der Waals surface area (Å²) in [5.41, 5.74) is 5.97. The summed E-state index contributed by atoms with van der Waals surface area (Å²) in [5, 5.41) is 13.2. The third kappa shape index (κ3) is 2.84. The molecule has 3 N–H and O–H groups in total. The van der Waals surface area contributed by atoms with Crippen LogP contribution in [0.15, 0.2) is 24.3 Å². The molecule has 0 saturated heterocycles. The van der Waals surface area contributed by atoms with Crippen molar-refractivity contribution in [2.24, 2.45) is 5.73 Å². The fourth-order valence-electron chi connectivity index (χ4n) is 2.03. The molecule has 96 valence electrons. The minimum atomic E-state index is -0.494. The molecule has 2 rings (SSSR count). The number of carbonyl (C=O) groups is 1. The van der Waals surface area contributed by atoms with Crippen molar-refractivity contribution in [1.29, 1.82) is 0 Å². The zero-order valence-electron chi connectivity index (χ0n) is 9.89. The number of hydrogen-bond acceptors (Lipinski definition) is 4. The summed E-state index contributed by atoms with van der Waals surface area (Å²) in [6, 6.07) is 5.87. The third-order valence-electron chi connectivity index (χ3n) is 3.20. The predicted octanol–water partition coefficient (Wildman–Crippen LogP) is 1.80. The molecule has 6 heteroatoms. The number of non-ortho nitro benzene ring substituents is 1. The highest BCUT2D eigenvalue weighted by molar-refractivity contribution is 5.91. The van der Waals surface area contributed by atoms with Gasteiger partial charge in [0, 0.05) is 29.8 Å². The van der Waals surface area contributed by atoms with Crippen LogP contribution in [0.4, 0.5) is 11.4 Å². The van der Waals surface area contributed by atoms with Crippen LogP contribution in [0.2, 0.25) is 0 Å². The molecule has 1 aliphatic rings. The van der Waals surface area contributed by atoms with Crippen LogP contribution in [-0.4, -0.2) is 16.4 Å². The smallest absolute Gasteiger partial charge is 0.271 e. The van der Waals surface area contributed by atoms with Crippen molar-refractivity contribution in [3.05, 3.63) is 34.4 Å². The first kappa shape index (κ1) is 12.5. The maximum absolute atomic E-state index is 11.7. The number of nitrogens with two attached hydrogens (primary N) is 1. The van der Waals surface area contributed by atoms with Gasteiger partial charge < -0.3 is 11.1 Å². The van der Waals surface area contributed by atoms with Gasteiger partial charge >= 0.3 is 0 Å². The summed E-state index contributed by atoms with van der Waals surface area (Å²) >= 11 is 0. The van der Waals surface area contributed by atoms with Crippen molar-refractivity contribution in [3.8, 4) is 0 Å². The highest BCUT2D eigenvalue weighted by Crippen LogP contribution is 2.32. The molecule has 0 bridgehead atoms. The van der Waals surface area contributed by atoms with Crippen LogP contribution < -0.4 is 11.1 Å². The first-order chi connectivity index (χ1) is 8.48. The van der Waals surface area contributed by atoms with Gasteiger partial charge in [-0.15, -0.1) is 0 Å². The molecule has 1 fully saturated rings. The number of anilines is 1. The van der Waals surface area contributed by atoms with E-state index >= 15 is 0 Å². The Bertz CT molecular complexity index is 483. The molecule has 1 saturated carbocycles.